The third-order valence-corrected chi connectivity index (χ3v) is 7.70. The van der Waals surface area contributed by atoms with E-state index in [0.29, 0.717) is 12.3 Å². The van der Waals surface area contributed by atoms with Crippen molar-refractivity contribution in [2.24, 2.45) is 5.92 Å². The maximum atomic E-state index is 14.0. The second kappa shape index (κ2) is 24.4. The summed E-state index contributed by atoms with van der Waals surface area (Å²) >= 11 is 0. The zero-order chi connectivity index (χ0) is 41.0. The smallest absolute Gasteiger partial charge is 0.376 e. The number of nitrogens with one attached hydrogen (secondary N) is 1. The molecule has 0 fully saturated rings. The summed E-state index contributed by atoms with van der Waals surface area (Å²) in [6.07, 6.45) is -7.70. The van der Waals surface area contributed by atoms with Crippen LogP contribution in [0.2, 0.25) is 0 Å². The molecular weight excluding hydrogens is 687 g/mol. The van der Waals surface area contributed by atoms with Gasteiger partial charge in [0, 0.05) is 47.5 Å². The number of rotatable bonds is 11. The largest absolute Gasteiger partial charge is 0.471 e. The fourth-order valence-corrected chi connectivity index (χ4v) is 5.26. The summed E-state index contributed by atoms with van der Waals surface area (Å²) in [4.78, 5) is 20.1. The summed E-state index contributed by atoms with van der Waals surface area (Å²) in [5.41, 5.74) is 7.96. The van der Waals surface area contributed by atoms with Gasteiger partial charge in [-0.15, -0.1) is 0 Å². The predicted molar refractivity (Wildman–Crippen MR) is 202 cm³/mol. The number of halogens is 7. The third-order valence-electron chi connectivity index (χ3n) is 7.70. The molecule has 52 heavy (non-hydrogen) atoms. The molecule has 1 N–H and O–H groups in total. The number of hydrogen-bond acceptors (Lipinski definition) is 3. The Labute approximate surface area is 306 Å². The highest BCUT2D eigenvalue weighted by molar-refractivity contribution is 5.87. The first-order chi connectivity index (χ1) is 24.3. The second-order valence-electron chi connectivity index (χ2n) is 11.7. The van der Waals surface area contributed by atoms with E-state index < -0.39 is 24.5 Å². The average Bonchev–Trinajstić information content (AvgIpc) is 3.40. The number of anilines is 1. The first kappa shape index (κ1) is 50.3. The highest BCUT2D eigenvalue weighted by atomic mass is 19.4. The summed E-state index contributed by atoms with van der Waals surface area (Å²) in [5.74, 6) is -1.37. The van der Waals surface area contributed by atoms with Crippen LogP contribution in [0.3, 0.4) is 0 Å². The molecule has 1 heterocycles. The molecule has 2 aromatic carbocycles. The average molecular weight is 748 g/mol. The molecule has 0 bridgehead atoms. The standard InChI is InChI=1S/C27H35FN2.C7H12F3NO.C2HF3O.2C2H6/c1-8-18(5)14-24-23-12-10-19(6)15-26(23)30(9-2)27(24)20(7)29-25-16-21(28)11-13-22(25)17(3)4;1-3-5-11(4-2)6(12)7(8,9)10;3-2(4,5)1-6;2*1-2/h10-13,15-16,18,20,29H,3,8-9,14H2,1-2,4-7H3;3-5H2,1-2H3;1H;2*1-2H3. The number of carbonyl (C=O) groups excluding carboxylic acids is 2. The quantitative estimate of drug-likeness (QED) is 0.157. The molecule has 3 aromatic rings. The number of fused-ring (bicyclic) bond motifs is 1. The van der Waals surface area contributed by atoms with Crippen LogP contribution in [-0.4, -0.2) is 47.1 Å². The van der Waals surface area contributed by atoms with E-state index in [1.165, 1.54) is 40.7 Å². The van der Waals surface area contributed by atoms with Gasteiger partial charge in [-0.25, -0.2) is 4.39 Å². The van der Waals surface area contributed by atoms with E-state index in [1.54, 1.807) is 13.0 Å². The normalized spacial score (nSPS) is 11.9. The van der Waals surface area contributed by atoms with E-state index >= 15 is 0 Å². The summed E-state index contributed by atoms with van der Waals surface area (Å²) in [6, 6.07) is 11.7. The number of amides is 1. The minimum absolute atomic E-state index is 0.0385. The molecule has 0 saturated heterocycles. The zero-order valence-electron chi connectivity index (χ0n) is 33.0. The summed E-state index contributed by atoms with van der Waals surface area (Å²) in [7, 11) is 0. The molecule has 3 rings (SSSR count). The Balaban J connectivity index is 0. The molecule has 2 atom stereocenters. The minimum atomic E-state index is -4.73. The van der Waals surface area contributed by atoms with Gasteiger partial charge in [0.25, 0.3) is 0 Å². The highest BCUT2D eigenvalue weighted by Gasteiger charge is 2.41. The Bertz CT molecular complexity index is 1510. The maximum absolute atomic E-state index is 14.0. The van der Waals surface area contributed by atoms with Crippen molar-refractivity contribution in [3.05, 3.63) is 71.2 Å². The van der Waals surface area contributed by atoms with E-state index in [9.17, 15) is 35.5 Å². The Hall–Kier alpha value is -3.83. The number of nitrogens with zero attached hydrogens (tertiary/aromatic N) is 2. The van der Waals surface area contributed by atoms with Crippen LogP contribution in [0.15, 0.2) is 43.0 Å². The monoisotopic (exact) mass is 747 g/mol. The van der Waals surface area contributed by atoms with Gasteiger partial charge in [-0.1, -0.05) is 73.6 Å². The molecule has 1 aromatic heterocycles. The van der Waals surface area contributed by atoms with Gasteiger partial charge in [-0.2, -0.15) is 26.3 Å². The van der Waals surface area contributed by atoms with E-state index in [-0.39, 0.29) is 24.9 Å². The molecule has 0 aliphatic heterocycles. The van der Waals surface area contributed by atoms with Gasteiger partial charge in [0.2, 0.25) is 6.29 Å². The topological polar surface area (TPSA) is 54.3 Å². The van der Waals surface area contributed by atoms with Crippen molar-refractivity contribution in [2.75, 3.05) is 18.4 Å². The number of carbonyl (C=O) groups is 2. The third kappa shape index (κ3) is 16.2. The van der Waals surface area contributed by atoms with Gasteiger partial charge in [0.05, 0.1) is 6.04 Å². The zero-order valence-corrected chi connectivity index (χ0v) is 33.0. The molecule has 0 aliphatic rings. The van der Waals surface area contributed by atoms with Crippen molar-refractivity contribution < 1.29 is 40.3 Å². The lowest BCUT2D eigenvalue weighted by Crippen LogP contribution is -2.41. The van der Waals surface area contributed by atoms with E-state index in [1.807, 2.05) is 40.7 Å². The van der Waals surface area contributed by atoms with Crippen LogP contribution >= 0.6 is 0 Å². The first-order valence-electron chi connectivity index (χ1n) is 18.0. The highest BCUT2D eigenvalue weighted by Crippen LogP contribution is 2.36. The molecule has 2 unspecified atom stereocenters. The summed E-state index contributed by atoms with van der Waals surface area (Å²) in [5, 5.41) is 4.95. The van der Waals surface area contributed by atoms with Crippen molar-refractivity contribution in [1.29, 1.82) is 0 Å². The van der Waals surface area contributed by atoms with Gasteiger partial charge >= 0.3 is 18.3 Å². The van der Waals surface area contributed by atoms with Gasteiger partial charge in [0.1, 0.15) is 5.82 Å². The first-order valence-corrected chi connectivity index (χ1v) is 18.0. The fraction of sp³-hybridized carbons (Fsp3) is 0.550. The summed E-state index contributed by atoms with van der Waals surface area (Å²) < 4.78 is 83.2. The lowest BCUT2D eigenvalue weighted by molar-refractivity contribution is -0.185. The summed E-state index contributed by atoms with van der Waals surface area (Å²) in [6.45, 7) is 29.6. The van der Waals surface area contributed by atoms with Gasteiger partial charge in [-0.3, -0.25) is 9.59 Å². The van der Waals surface area contributed by atoms with Crippen LogP contribution in [-0.2, 0) is 22.6 Å². The fourth-order valence-electron chi connectivity index (χ4n) is 5.26. The number of aldehydes is 1. The molecule has 12 heteroatoms. The van der Waals surface area contributed by atoms with Crippen molar-refractivity contribution in [3.8, 4) is 0 Å². The van der Waals surface area contributed by atoms with E-state index in [0.717, 1.165) is 41.1 Å². The number of aromatic nitrogens is 1. The molecule has 296 valence electrons. The van der Waals surface area contributed by atoms with Crippen LogP contribution in [0.1, 0.15) is 117 Å². The number of alkyl halides is 6. The molecular formula is C40H60F7N3O2. The lowest BCUT2D eigenvalue weighted by atomic mass is 9.94. The van der Waals surface area contributed by atoms with Gasteiger partial charge < -0.3 is 14.8 Å². The molecule has 1 amide bonds. The Morgan fingerprint density at radius 2 is 1.52 bits per heavy atom. The van der Waals surface area contributed by atoms with Gasteiger partial charge in [0.15, 0.2) is 0 Å². The van der Waals surface area contributed by atoms with Crippen molar-refractivity contribution in [2.45, 2.75) is 127 Å². The van der Waals surface area contributed by atoms with E-state index in [2.05, 4.69) is 69.3 Å². The Morgan fingerprint density at radius 3 is 1.94 bits per heavy atom. The van der Waals surface area contributed by atoms with Crippen molar-refractivity contribution in [1.82, 2.24) is 9.47 Å². The molecule has 0 radical (unpaired) electrons. The number of allylic oxidation sites excluding steroid dienone is 1. The second-order valence-corrected chi connectivity index (χ2v) is 11.7. The van der Waals surface area contributed by atoms with Crippen LogP contribution in [0, 0.1) is 18.7 Å². The SMILES string of the molecule is C=C(C)c1ccc(F)cc1NC(C)c1c(CC(C)CC)c2ccc(C)cc2n1CC.CC.CC.CCCN(CC)C(=O)C(F)(F)F.O=CC(F)(F)F. The molecule has 0 spiro atoms. The van der Waals surface area contributed by atoms with Crippen molar-refractivity contribution >= 4 is 34.4 Å². The maximum Gasteiger partial charge on any atom is 0.471 e. The van der Waals surface area contributed by atoms with Crippen LogP contribution < -0.4 is 5.32 Å². The lowest BCUT2D eigenvalue weighted by Gasteiger charge is -2.23. The molecule has 5 nitrogen and oxygen atoms in total. The van der Waals surface area contributed by atoms with Crippen molar-refractivity contribution in [3.63, 3.8) is 0 Å². The van der Waals surface area contributed by atoms with Crippen LogP contribution in [0.25, 0.3) is 16.5 Å². The molecule has 0 aliphatic carbocycles. The van der Waals surface area contributed by atoms with Crippen LogP contribution in [0.4, 0.5) is 36.4 Å². The Morgan fingerprint density at radius 1 is 0.962 bits per heavy atom. The number of aryl methyl sites for hydroxylation is 2. The predicted octanol–water partition coefficient (Wildman–Crippen LogP) is 12.5. The number of benzene rings is 2. The minimum Gasteiger partial charge on any atom is -0.376 e. The number of hydrogen-bond donors (Lipinski definition) is 1. The van der Waals surface area contributed by atoms with Gasteiger partial charge in [-0.05, 0) is 94.3 Å². The van der Waals surface area contributed by atoms with E-state index in [4.69, 9.17) is 4.79 Å². The Kier molecular flexibility index (Phi) is 23.6. The van der Waals surface area contributed by atoms with Crippen LogP contribution in [0.5, 0.6) is 0 Å². The molecule has 0 saturated carbocycles.